The first kappa shape index (κ1) is 24.1. The number of hydrogen-bond donors (Lipinski definition) is 0. The van der Waals surface area contributed by atoms with E-state index < -0.39 is 0 Å². The van der Waals surface area contributed by atoms with Crippen LogP contribution in [0.25, 0.3) is 77.5 Å². The van der Waals surface area contributed by atoms with E-state index in [1.807, 2.05) is 48.9 Å². The van der Waals surface area contributed by atoms with Crippen molar-refractivity contribution >= 4 is 32.6 Å². The highest BCUT2D eigenvalue weighted by Crippen LogP contribution is 2.36. The van der Waals surface area contributed by atoms with E-state index in [9.17, 15) is 0 Å². The van der Waals surface area contributed by atoms with Crippen molar-refractivity contribution in [2.24, 2.45) is 0 Å². The average Bonchev–Trinajstić information content (AvgIpc) is 3.07. The van der Waals surface area contributed by atoms with E-state index in [0.29, 0.717) is 0 Å². The molecule has 0 radical (unpaired) electrons. The zero-order valence-electron chi connectivity index (χ0n) is 22.6. The van der Waals surface area contributed by atoms with Gasteiger partial charge in [-0.05, 0) is 59.0 Å². The van der Waals surface area contributed by atoms with Crippen molar-refractivity contribution in [3.63, 3.8) is 0 Å². The molecule has 4 aromatic carbocycles. The third-order valence-corrected chi connectivity index (χ3v) is 7.82. The first-order valence-corrected chi connectivity index (χ1v) is 14.0. The van der Waals surface area contributed by atoms with E-state index in [4.69, 9.17) is 9.97 Å². The smallest absolute Gasteiger partial charge is 0.0723 e. The zero-order chi connectivity index (χ0) is 27.9. The third kappa shape index (κ3) is 4.27. The lowest BCUT2D eigenvalue weighted by atomic mass is 9.96. The molecule has 4 nitrogen and oxygen atoms in total. The first-order chi connectivity index (χ1) is 20.8. The van der Waals surface area contributed by atoms with Gasteiger partial charge < -0.3 is 0 Å². The van der Waals surface area contributed by atoms with Crippen LogP contribution in [0.2, 0.25) is 0 Å². The van der Waals surface area contributed by atoms with Crippen LogP contribution >= 0.6 is 0 Å². The number of pyridine rings is 4. The molecule has 0 N–H and O–H groups in total. The summed E-state index contributed by atoms with van der Waals surface area (Å²) in [6, 6.07) is 44.0. The summed E-state index contributed by atoms with van der Waals surface area (Å²) < 4.78 is 0. The van der Waals surface area contributed by atoms with Gasteiger partial charge in [0.1, 0.15) is 0 Å². The molecule has 0 aliphatic rings. The van der Waals surface area contributed by atoms with Crippen LogP contribution in [0.4, 0.5) is 0 Å². The molecule has 0 saturated heterocycles. The van der Waals surface area contributed by atoms with E-state index in [0.717, 1.165) is 72.1 Å². The Bertz CT molecular complexity index is 2150. The second-order valence-corrected chi connectivity index (χ2v) is 10.4. The molecule has 4 heterocycles. The van der Waals surface area contributed by atoms with E-state index >= 15 is 0 Å². The summed E-state index contributed by atoms with van der Waals surface area (Å²) in [5.41, 5.74) is 10.1. The lowest BCUT2D eigenvalue weighted by Gasteiger charge is -2.13. The Labute approximate surface area is 243 Å². The number of hydrogen-bond acceptors (Lipinski definition) is 4. The van der Waals surface area contributed by atoms with Gasteiger partial charge in [0.15, 0.2) is 0 Å². The van der Waals surface area contributed by atoms with Crippen LogP contribution in [0.1, 0.15) is 0 Å². The van der Waals surface area contributed by atoms with E-state index in [1.165, 1.54) is 5.39 Å². The minimum atomic E-state index is 0.905. The molecule has 0 aliphatic carbocycles. The van der Waals surface area contributed by atoms with Crippen LogP contribution in [0, 0.1) is 0 Å². The fraction of sp³-hybridized carbons (Fsp3) is 0. The molecular weight excluding hydrogens is 512 g/mol. The summed E-state index contributed by atoms with van der Waals surface area (Å²) in [6.45, 7) is 0. The molecule has 4 aromatic heterocycles. The summed E-state index contributed by atoms with van der Waals surface area (Å²) in [4.78, 5) is 19.1. The molecule has 0 fully saturated rings. The number of fused-ring (bicyclic) bond motifs is 3. The average molecular weight is 537 g/mol. The predicted molar refractivity (Wildman–Crippen MR) is 172 cm³/mol. The van der Waals surface area contributed by atoms with Crippen molar-refractivity contribution in [2.45, 2.75) is 0 Å². The highest BCUT2D eigenvalue weighted by Gasteiger charge is 2.14. The Morgan fingerprint density at radius 3 is 1.69 bits per heavy atom. The maximum atomic E-state index is 5.21. The van der Waals surface area contributed by atoms with Crippen molar-refractivity contribution in [3.8, 4) is 44.9 Å². The minimum Gasteiger partial charge on any atom is -0.256 e. The molecule has 0 unspecified atom stereocenters. The third-order valence-electron chi connectivity index (χ3n) is 7.82. The first-order valence-electron chi connectivity index (χ1n) is 14.0. The van der Waals surface area contributed by atoms with Crippen molar-refractivity contribution in [2.75, 3.05) is 0 Å². The summed E-state index contributed by atoms with van der Waals surface area (Å²) in [5.74, 6) is 0. The summed E-state index contributed by atoms with van der Waals surface area (Å²) in [5, 5.41) is 4.51. The normalized spacial score (nSPS) is 11.3. The highest BCUT2D eigenvalue weighted by atomic mass is 14.7. The van der Waals surface area contributed by atoms with Gasteiger partial charge in [0.05, 0.1) is 28.1 Å². The lowest BCUT2D eigenvalue weighted by Crippen LogP contribution is -1.94. The molecule has 4 heteroatoms. The Morgan fingerprint density at radius 2 is 0.952 bits per heavy atom. The molecule has 8 aromatic rings. The van der Waals surface area contributed by atoms with Gasteiger partial charge in [0.25, 0.3) is 0 Å². The number of nitrogens with zero attached hydrogens (tertiary/aromatic N) is 4. The van der Waals surface area contributed by atoms with Crippen LogP contribution in [0.5, 0.6) is 0 Å². The summed E-state index contributed by atoms with van der Waals surface area (Å²) in [6.07, 6.45) is 5.68. The SMILES string of the molecule is c1ccc2cc(-c3ccc(-c4cc(-c5ccnc6ccccc56)cc(-c5ccnc6ccccc56)n4)cc3)ncc2c1. The lowest BCUT2D eigenvalue weighted by molar-refractivity contribution is 1.31. The van der Waals surface area contributed by atoms with E-state index in [2.05, 4.69) is 107 Å². The number of rotatable bonds is 4. The van der Waals surface area contributed by atoms with Crippen LogP contribution in [0.3, 0.4) is 0 Å². The van der Waals surface area contributed by atoms with Gasteiger partial charge in [-0.1, -0.05) is 84.9 Å². The van der Waals surface area contributed by atoms with Crippen LogP contribution in [-0.2, 0) is 0 Å². The standard InChI is InChI=1S/C38H24N4/c1-2-8-28-24-41-36(21-27(28)7-1)25-13-15-26(16-14-25)37-22-29(30-17-19-39-34-11-5-3-9-31(30)34)23-38(42-37)33-18-20-40-35-12-6-4-10-32(33)35/h1-24H. The highest BCUT2D eigenvalue weighted by molar-refractivity contribution is 5.98. The molecule has 0 aliphatic heterocycles. The number of aromatic nitrogens is 4. The molecule has 0 bridgehead atoms. The molecule has 0 spiro atoms. The van der Waals surface area contributed by atoms with Gasteiger partial charge in [-0.25, -0.2) is 4.98 Å². The fourth-order valence-corrected chi connectivity index (χ4v) is 5.69. The number of benzene rings is 4. The summed E-state index contributed by atoms with van der Waals surface area (Å²) in [7, 11) is 0. The van der Waals surface area contributed by atoms with E-state index in [-0.39, 0.29) is 0 Å². The monoisotopic (exact) mass is 536 g/mol. The van der Waals surface area contributed by atoms with Crippen LogP contribution in [-0.4, -0.2) is 19.9 Å². The summed E-state index contributed by atoms with van der Waals surface area (Å²) >= 11 is 0. The van der Waals surface area contributed by atoms with Gasteiger partial charge in [-0.2, -0.15) is 0 Å². The topological polar surface area (TPSA) is 51.6 Å². The van der Waals surface area contributed by atoms with Crippen molar-refractivity contribution in [1.82, 2.24) is 19.9 Å². The van der Waals surface area contributed by atoms with Crippen LogP contribution in [0.15, 0.2) is 146 Å². The second kappa shape index (κ2) is 10.0. The predicted octanol–water partition coefficient (Wildman–Crippen LogP) is 9.39. The Balaban J connectivity index is 1.29. The van der Waals surface area contributed by atoms with Crippen molar-refractivity contribution in [1.29, 1.82) is 0 Å². The molecule has 8 rings (SSSR count). The van der Waals surface area contributed by atoms with Crippen LogP contribution < -0.4 is 0 Å². The Hall–Kier alpha value is -5.74. The van der Waals surface area contributed by atoms with Gasteiger partial charge in [0, 0.05) is 51.4 Å². The zero-order valence-corrected chi connectivity index (χ0v) is 22.6. The molecule has 0 amide bonds. The van der Waals surface area contributed by atoms with Gasteiger partial charge >= 0.3 is 0 Å². The van der Waals surface area contributed by atoms with E-state index in [1.54, 1.807) is 0 Å². The molecule has 42 heavy (non-hydrogen) atoms. The largest absolute Gasteiger partial charge is 0.256 e. The van der Waals surface area contributed by atoms with Crippen molar-refractivity contribution < 1.29 is 0 Å². The fourth-order valence-electron chi connectivity index (χ4n) is 5.69. The maximum absolute atomic E-state index is 5.21. The maximum Gasteiger partial charge on any atom is 0.0723 e. The van der Waals surface area contributed by atoms with Crippen molar-refractivity contribution in [3.05, 3.63) is 146 Å². The van der Waals surface area contributed by atoms with Gasteiger partial charge in [-0.15, -0.1) is 0 Å². The van der Waals surface area contributed by atoms with Gasteiger partial charge in [0.2, 0.25) is 0 Å². The molecule has 196 valence electrons. The quantitative estimate of drug-likeness (QED) is 0.225. The minimum absolute atomic E-state index is 0.905. The molecular formula is C38H24N4. The van der Waals surface area contributed by atoms with Gasteiger partial charge in [-0.3, -0.25) is 15.0 Å². The number of para-hydroxylation sites is 2. The Morgan fingerprint density at radius 1 is 0.381 bits per heavy atom. The molecule has 0 atom stereocenters. The molecule has 0 saturated carbocycles. The Kier molecular flexibility index (Phi) is 5.75. The second-order valence-electron chi connectivity index (χ2n) is 10.4.